The Morgan fingerprint density at radius 2 is 1.93 bits per heavy atom. The molecule has 2 heterocycles. The van der Waals surface area contributed by atoms with Gasteiger partial charge in [-0.15, -0.1) is 0 Å². The number of nitrogens with one attached hydrogen (secondary N) is 1. The Hall–Kier alpha value is -3.26. The number of carbonyl (C=O) groups is 1. The molecule has 0 radical (unpaired) electrons. The number of benzene rings is 2. The molecule has 0 saturated heterocycles. The van der Waals surface area contributed by atoms with Crippen LogP contribution in [0, 0.1) is 11.3 Å². The molecule has 0 aliphatic carbocycles. The first-order chi connectivity index (χ1) is 13.7. The molecule has 142 valence electrons. The van der Waals surface area contributed by atoms with Crippen LogP contribution in [0.25, 0.3) is 10.9 Å². The molecule has 3 aromatic rings. The number of rotatable bonds is 5. The minimum absolute atomic E-state index is 0.0579. The molecule has 0 saturated carbocycles. The molecule has 28 heavy (non-hydrogen) atoms. The van der Waals surface area contributed by atoms with E-state index in [0.717, 1.165) is 28.6 Å². The van der Waals surface area contributed by atoms with Crippen LogP contribution in [-0.4, -0.2) is 21.4 Å². The molecule has 0 unspecified atom stereocenters. The van der Waals surface area contributed by atoms with E-state index in [2.05, 4.69) is 48.1 Å². The standard InChI is InChI=1S/C23H24N4O/c1-3-16(2)27-22(25-20-11-6-4-10-18(20)23(27)28)19-15-26(14-8-13-24)21-12-7-5-9-17(19)21/h4-7,9-12,15-16,22,25H,3,8,14H2,1-2H3/t16-,22-/m0/s1. The number of hydrogen-bond acceptors (Lipinski definition) is 3. The lowest BCUT2D eigenvalue weighted by molar-refractivity contribution is 0.0595. The van der Waals surface area contributed by atoms with E-state index in [-0.39, 0.29) is 18.1 Å². The fourth-order valence-electron chi connectivity index (χ4n) is 4.00. The average molecular weight is 372 g/mol. The zero-order chi connectivity index (χ0) is 19.7. The minimum Gasteiger partial charge on any atom is -0.361 e. The molecule has 1 aromatic heterocycles. The number of anilines is 1. The number of aromatic nitrogens is 1. The van der Waals surface area contributed by atoms with Crippen molar-refractivity contribution in [3.63, 3.8) is 0 Å². The van der Waals surface area contributed by atoms with Crippen molar-refractivity contribution in [1.82, 2.24) is 9.47 Å². The zero-order valence-corrected chi connectivity index (χ0v) is 16.2. The highest BCUT2D eigenvalue weighted by Gasteiger charge is 2.36. The maximum Gasteiger partial charge on any atom is 0.258 e. The summed E-state index contributed by atoms with van der Waals surface area (Å²) in [5.41, 5.74) is 3.74. The Kier molecular flexibility index (Phi) is 4.79. The van der Waals surface area contributed by atoms with Crippen LogP contribution in [0.3, 0.4) is 0 Å². The maximum atomic E-state index is 13.4. The summed E-state index contributed by atoms with van der Waals surface area (Å²) in [6, 6.07) is 18.2. The smallest absolute Gasteiger partial charge is 0.258 e. The van der Waals surface area contributed by atoms with E-state index in [4.69, 9.17) is 5.26 Å². The van der Waals surface area contributed by atoms with Crippen molar-refractivity contribution in [3.05, 3.63) is 65.9 Å². The summed E-state index contributed by atoms with van der Waals surface area (Å²) in [5.74, 6) is 0.0579. The molecule has 1 amide bonds. The first-order valence-electron chi connectivity index (χ1n) is 9.78. The summed E-state index contributed by atoms with van der Waals surface area (Å²) in [6.45, 7) is 4.83. The first kappa shape index (κ1) is 18.1. The Labute approximate surface area is 165 Å². The van der Waals surface area contributed by atoms with Gasteiger partial charge in [-0.05, 0) is 31.5 Å². The van der Waals surface area contributed by atoms with Crippen molar-refractivity contribution in [1.29, 1.82) is 5.26 Å². The topological polar surface area (TPSA) is 61.1 Å². The number of para-hydroxylation sites is 2. The van der Waals surface area contributed by atoms with Crippen molar-refractivity contribution >= 4 is 22.5 Å². The normalized spacial score (nSPS) is 17.1. The molecular weight excluding hydrogens is 348 g/mol. The van der Waals surface area contributed by atoms with Gasteiger partial charge in [0.15, 0.2) is 0 Å². The van der Waals surface area contributed by atoms with E-state index in [1.165, 1.54) is 0 Å². The van der Waals surface area contributed by atoms with Gasteiger partial charge in [-0.2, -0.15) is 5.26 Å². The molecule has 5 heteroatoms. The lowest BCUT2D eigenvalue weighted by Gasteiger charge is -2.41. The summed E-state index contributed by atoms with van der Waals surface area (Å²) >= 11 is 0. The molecule has 0 spiro atoms. The Bertz CT molecular complexity index is 1060. The summed E-state index contributed by atoms with van der Waals surface area (Å²) < 4.78 is 2.12. The second-order valence-corrected chi connectivity index (χ2v) is 7.27. The summed E-state index contributed by atoms with van der Waals surface area (Å²) in [7, 11) is 0. The van der Waals surface area contributed by atoms with E-state index in [9.17, 15) is 4.79 Å². The molecule has 0 bridgehead atoms. The predicted octanol–water partition coefficient (Wildman–Crippen LogP) is 4.92. The van der Waals surface area contributed by atoms with Gasteiger partial charge in [-0.25, -0.2) is 0 Å². The van der Waals surface area contributed by atoms with Gasteiger partial charge in [0.05, 0.1) is 18.1 Å². The van der Waals surface area contributed by atoms with Crippen molar-refractivity contribution in [2.75, 3.05) is 5.32 Å². The molecule has 4 rings (SSSR count). The lowest BCUT2D eigenvalue weighted by Crippen LogP contribution is -2.47. The highest BCUT2D eigenvalue weighted by molar-refractivity contribution is 6.02. The van der Waals surface area contributed by atoms with E-state index in [1.54, 1.807) is 0 Å². The van der Waals surface area contributed by atoms with Crippen LogP contribution < -0.4 is 5.32 Å². The number of nitriles is 1. The number of hydrogen-bond donors (Lipinski definition) is 1. The van der Waals surface area contributed by atoms with Crippen LogP contribution in [0.4, 0.5) is 5.69 Å². The van der Waals surface area contributed by atoms with Crippen LogP contribution >= 0.6 is 0 Å². The first-order valence-corrected chi connectivity index (χ1v) is 9.78. The van der Waals surface area contributed by atoms with Gasteiger partial charge in [0.2, 0.25) is 0 Å². The summed E-state index contributed by atoms with van der Waals surface area (Å²) in [4.78, 5) is 15.3. The molecular formula is C23H24N4O. The van der Waals surface area contributed by atoms with Crippen LogP contribution in [0.1, 0.15) is 48.8 Å². The third kappa shape index (κ3) is 2.91. The lowest BCUT2D eigenvalue weighted by atomic mass is 10.0. The molecule has 5 nitrogen and oxygen atoms in total. The Morgan fingerprint density at radius 1 is 1.18 bits per heavy atom. The van der Waals surface area contributed by atoms with E-state index in [1.807, 2.05) is 41.3 Å². The fraction of sp³-hybridized carbons (Fsp3) is 0.304. The fourth-order valence-corrected chi connectivity index (χ4v) is 4.00. The molecule has 0 fully saturated rings. The van der Waals surface area contributed by atoms with Gasteiger partial charge >= 0.3 is 0 Å². The Balaban J connectivity index is 1.87. The quantitative estimate of drug-likeness (QED) is 0.691. The Morgan fingerprint density at radius 3 is 2.71 bits per heavy atom. The van der Waals surface area contributed by atoms with Crippen molar-refractivity contribution < 1.29 is 4.79 Å². The summed E-state index contributed by atoms with van der Waals surface area (Å²) in [5, 5.41) is 13.7. The molecule has 2 atom stereocenters. The van der Waals surface area contributed by atoms with Gasteiger partial charge in [-0.3, -0.25) is 4.79 Å². The highest BCUT2D eigenvalue weighted by atomic mass is 16.2. The predicted molar refractivity (Wildman–Crippen MR) is 111 cm³/mol. The molecule has 1 N–H and O–H groups in total. The van der Waals surface area contributed by atoms with Crippen LogP contribution in [0.2, 0.25) is 0 Å². The third-order valence-electron chi connectivity index (χ3n) is 5.61. The maximum absolute atomic E-state index is 13.4. The van der Waals surface area contributed by atoms with Crippen molar-refractivity contribution in [3.8, 4) is 6.07 Å². The summed E-state index contributed by atoms with van der Waals surface area (Å²) in [6.07, 6.45) is 3.17. The SMILES string of the molecule is CC[C@H](C)N1C(=O)c2ccccc2N[C@@H]1c1cn(CCC#N)c2ccccc12. The highest BCUT2D eigenvalue weighted by Crippen LogP contribution is 2.38. The van der Waals surface area contributed by atoms with E-state index < -0.39 is 0 Å². The number of carbonyl (C=O) groups excluding carboxylic acids is 1. The second-order valence-electron chi connectivity index (χ2n) is 7.27. The van der Waals surface area contributed by atoms with Gasteiger partial charge < -0.3 is 14.8 Å². The molecule has 2 aromatic carbocycles. The molecule has 1 aliphatic rings. The van der Waals surface area contributed by atoms with Crippen LogP contribution in [0.15, 0.2) is 54.7 Å². The van der Waals surface area contributed by atoms with Crippen molar-refractivity contribution in [2.24, 2.45) is 0 Å². The monoisotopic (exact) mass is 372 g/mol. The van der Waals surface area contributed by atoms with Gasteiger partial charge in [0.1, 0.15) is 6.17 Å². The number of aryl methyl sites for hydroxylation is 1. The third-order valence-corrected chi connectivity index (χ3v) is 5.61. The van der Waals surface area contributed by atoms with Gasteiger partial charge in [-0.1, -0.05) is 37.3 Å². The van der Waals surface area contributed by atoms with Gasteiger partial charge in [0.25, 0.3) is 5.91 Å². The zero-order valence-electron chi connectivity index (χ0n) is 16.2. The molecule has 1 aliphatic heterocycles. The largest absolute Gasteiger partial charge is 0.361 e. The number of fused-ring (bicyclic) bond motifs is 2. The van der Waals surface area contributed by atoms with Crippen LogP contribution in [-0.2, 0) is 6.54 Å². The second kappa shape index (κ2) is 7.40. The van der Waals surface area contributed by atoms with Gasteiger partial charge in [0, 0.05) is 40.9 Å². The van der Waals surface area contributed by atoms with E-state index >= 15 is 0 Å². The van der Waals surface area contributed by atoms with Crippen molar-refractivity contribution in [2.45, 2.75) is 45.4 Å². The minimum atomic E-state index is -0.245. The number of nitrogens with zero attached hydrogens (tertiary/aromatic N) is 3. The number of amides is 1. The average Bonchev–Trinajstić information content (AvgIpc) is 3.10. The van der Waals surface area contributed by atoms with E-state index in [0.29, 0.717) is 18.5 Å². The van der Waals surface area contributed by atoms with Crippen LogP contribution in [0.5, 0.6) is 0 Å².